The second-order valence-electron chi connectivity index (χ2n) is 9.54. The number of nitriles is 1. The molecule has 3 fully saturated rings. The van der Waals surface area contributed by atoms with E-state index < -0.39 is 12.5 Å². The van der Waals surface area contributed by atoms with Crippen LogP contribution in [0.2, 0.25) is 0 Å². The smallest absolute Gasteiger partial charge is 0.240 e. The van der Waals surface area contributed by atoms with Crippen molar-refractivity contribution in [3.8, 4) is 6.07 Å². The van der Waals surface area contributed by atoms with Gasteiger partial charge in [0, 0.05) is 44.1 Å². The van der Waals surface area contributed by atoms with Gasteiger partial charge in [-0.05, 0) is 49.1 Å². The molecular formula is C26H29F2N3O2. The molecule has 174 valence electrons. The van der Waals surface area contributed by atoms with Crippen molar-refractivity contribution in [2.75, 3.05) is 20.2 Å². The molecule has 3 saturated heterocycles. The Kier molecular flexibility index (Phi) is 6.07. The highest BCUT2D eigenvalue weighted by Crippen LogP contribution is 2.55. The van der Waals surface area contributed by atoms with Crippen molar-refractivity contribution in [1.82, 2.24) is 9.80 Å². The lowest BCUT2D eigenvalue weighted by Crippen LogP contribution is -2.43. The molecule has 1 aromatic carbocycles. The highest BCUT2D eigenvalue weighted by atomic mass is 19.3. The number of methoxy groups -OCH3 is 1. The summed E-state index contributed by atoms with van der Waals surface area (Å²) >= 11 is 0. The van der Waals surface area contributed by atoms with Gasteiger partial charge in [0.25, 0.3) is 0 Å². The van der Waals surface area contributed by atoms with Gasteiger partial charge in [-0.1, -0.05) is 30.4 Å². The van der Waals surface area contributed by atoms with Gasteiger partial charge in [-0.15, -0.1) is 0 Å². The Morgan fingerprint density at radius 1 is 1.27 bits per heavy atom. The van der Waals surface area contributed by atoms with Crippen LogP contribution < -0.4 is 0 Å². The molecular weight excluding hydrogens is 424 g/mol. The third-order valence-corrected chi connectivity index (χ3v) is 7.91. The lowest BCUT2D eigenvalue weighted by molar-refractivity contribution is -0.133. The summed E-state index contributed by atoms with van der Waals surface area (Å²) in [7, 11) is 1.66. The second-order valence-corrected chi connectivity index (χ2v) is 9.54. The van der Waals surface area contributed by atoms with Crippen molar-refractivity contribution >= 4 is 5.91 Å². The van der Waals surface area contributed by atoms with E-state index >= 15 is 0 Å². The first-order valence-electron chi connectivity index (χ1n) is 11.8. The van der Waals surface area contributed by atoms with Gasteiger partial charge in [-0.25, -0.2) is 8.78 Å². The molecule has 0 N–H and O–H groups in total. The zero-order valence-electron chi connectivity index (χ0n) is 18.7. The van der Waals surface area contributed by atoms with E-state index in [1.165, 1.54) is 0 Å². The van der Waals surface area contributed by atoms with E-state index in [1.54, 1.807) is 24.1 Å². The van der Waals surface area contributed by atoms with E-state index in [9.17, 15) is 13.6 Å². The van der Waals surface area contributed by atoms with Crippen LogP contribution in [0.5, 0.6) is 0 Å². The molecule has 1 aliphatic carbocycles. The van der Waals surface area contributed by atoms with Gasteiger partial charge in [0.05, 0.1) is 23.7 Å². The maximum absolute atomic E-state index is 13.8. The third kappa shape index (κ3) is 3.89. The van der Waals surface area contributed by atoms with Crippen LogP contribution in [0.1, 0.15) is 42.9 Å². The standard InChI is InChI=1S/C26H29F2N3O2/c1-33-19-10-6-17(7-11-19)15-31-21(13-22(27)28)23-20-3-2-12-30(20)25(24(23)26(31)32)18-8-4-16(14-29)5-9-18/h4-10,19-25H,2-3,11-13,15H2,1H3/t19?,20-,21+,23?,24-,25-/m0/s1. The number of nitrogens with zero attached hydrogens (tertiary/aromatic N) is 3. The topological polar surface area (TPSA) is 56.6 Å². The van der Waals surface area contributed by atoms with Gasteiger partial charge < -0.3 is 9.64 Å². The molecule has 6 atom stereocenters. The zero-order chi connectivity index (χ0) is 23.1. The monoisotopic (exact) mass is 453 g/mol. The number of hydrogen-bond donors (Lipinski definition) is 0. The van der Waals surface area contributed by atoms with E-state index in [4.69, 9.17) is 10.00 Å². The van der Waals surface area contributed by atoms with Crippen LogP contribution in [-0.4, -0.2) is 60.5 Å². The van der Waals surface area contributed by atoms with Crippen molar-refractivity contribution in [2.24, 2.45) is 11.8 Å². The van der Waals surface area contributed by atoms with Gasteiger partial charge >= 0.3 is 0 Å². The SMILES string of the molecule is COC1C=CC(CN2C(=O)[C@H]3C([C@H]2CC(F)F)[C@@H]2CCCN2[C@H]3c2ccc(C#N)cc2)=CC1. The molecule has 7 heteroatoms. The van der Waals surface area contributed by atoms with Crippen LogP contribution in [0.4, 0.5) is 8.78 Å². The average molecular weight is 454 g/mol. The summed E-state index contributed by atoms with van der Waals surface area (Å²) in [5.74, 6) is -0.445. The van der Waals surface area contributed by atoms with Gasteiger partial charge in [-0.2, -0.15) is 5.26 Å². The zero-order valence-corrected chi connectivity index (χ0v) is 18.7. The number of benzene rings is 1. The predicted octanol–water partition coefficient (Wildman–Crippen LogP) is 4.08. The Morgan fingerprint density at radius 3 is 2.70 bits per heavy atom. The number of carbonyl (C=O) groups is 1. The molecule has 5 rings (SSSR count). The maximum atomic E-state index is 13.8. The fourth-order valence-corrected chi connectivity index (χ4v) is 6.54. The van der Waals surface area contributed by atoms with Crippen LogP contribution in [0.15, 0.2) is 48.1 Å². The van der Waals surface area contributed by atoms with Crippen LogP contribution >= 0.6 is 0 Å². The Balaban J connectivity index is 1.48. The van der Waals surface area contributed by atoms with Crippen LogP contribution in [0.25, 0.3) is 0 Å². The Labute approximate surface area is 193 Å². The average Bonchev–Trinajstić information content (AvgIpc) is 3.48. The molecule has 2 unspecified atom stereocenters. The third-order valence-electron chi connectivity index (χ3n) is 7.91. The van der Waals surface area contributed by atoms with Crippen LogP contribution in [-0.2, 0) is 9.53 Å². The molecule has 33 heavy (non-hydrogen) atoms. The number of rotatable bonds is 6. The predicted molar refractivity (Wildman–Crippen MR) is 119 cm³/mol. The number of amides is 1. The minimum absolute atomic E-state index is 0.0161. The number of carbonyl (C=O) groups excluding carboxylic acids is 1. The lowest BCUT2D eigenvalue weighted by Gasteiger charge is -2.34. The largest absolute Gasteiger partial charge is 0.377 e. The molecule has 3 heterocycles. The van der Waals surface area contributed by atoms with Crippen molar-refractivity contribution in [3.05, 3.63) is 59.2 Å². The van der Waals surface area contributed by atoms with Gasteiger partial charge in [0.1, 0.15) is 0 Å². The van der Waals surface area contributed by atoms with Crippen molar-refractivity contribution in [3.63, 3.8) is 0 Å². The van der Waals surface area contributed by atoms with E-state index in [2.05, 4.69) is 17.0 Å². The summed E-state index contributed by atoms with van der Waals surface area (Å²) in [4.78, 5) is 17.9. The Hall–Kier alpha value is -2.56. The van der Waals surface area contributed by atoms with E-state index in [1.807, 2.05) is 24.3 Å². The fraction of sp³-hybridized carbons (Fsp3) is 0.538. The molecule has 3 aliphatic heterocycles. The summed E-state index contributed by atoms with van der Waals surface area (Å²) < 4.78 is 32.8. The fourth-order valence-electron chi connectivity index (χ4n) is 6.54. The Morgan fingerprint density at radius 2 is 2.06 bits per heavy atom. The molecule has 5 nitrogen and oxygen atoms in total. The van der Waals surface area contributed by atoms with Crippen molar-refractivity contribution < 1.29 is 18.3 Å². The first kappa shape index (κ1) is 22.2. The summed E-state index contributed by atoms with van der Waals surface area (Å²) in [6, 6.07) is 9.11. The highest BCUT2D eigenvalue weighted by Gasteiger charge is 2.62. The number of likely N-dealkylation sites (tertiary alicyclic amines) is 1. The van der Waals surface area contributed by atoms with Gasteiger partial charge in [0.15, 0.2) is 0 Å². The summed E-state index contributed by atoms with van der Waals surface area (Å²) in [6.07, 6.45) is 5.93. The van der Waals surface area contributed by atoms with Crippen LogP contribution in [0, 0.1) is 23.2 Å². The Bertz CT molecular complexity index is 1000. The normalized spacial score (nSPS) is 33.4. The summed E-state index contributed by atoms with van der Waals surface area (Å²) in [5, 5.41) is 9.17. The summed E-state index contributed by atoms with van der Waals surface area (Å²) in [6.45, 7) is 1.24. The molecule has 0 aromatic heterocycles. The molecule has 4 aliphatic rings. The lowest BCUT2D eigenvalue weighted by atomic mass is 9.81. The molecule has 0 radical (unpaired) electrons. The molecule has 0 bridgehead atoms. The maximum Gasteiger partial charge on any atom is 0.240 e. The van der Waals surface area contributed by atoms with Gasteiger partial charge in [0.2, 0.25) is 12.3 Å². The second kappa shape index (κ2) is 9.00. The number of halogens is 2. The molecule has 1 aromatic rings. The first-order valence-corrected chi connectivity index (χ1v) is 11.8. The van der Waals surface area contributed by atoms with E-state index in [0.29, 0.717) is 12.1 Å². The number of hydrogen-bond acceptors (Lipinski definition) is 4. The number of fused-ring (bicyclic) bond motifs is 3. The highest BCUT2D eigenvalue weighted by molar-refractivity contribution is 5.84. The van der Waals surface area contributed by atoms with E-state index in [-0.39, 0.29) is 42.4 Å². The van der Waals surface area contributed by atoms with Crippen molar-refractivity contribution in [1.29, 1.82) is 5.26 Å². The molecule has 0 saturated carbocycles. The van der Waals surface area contributed by atoms with Gasteiger partial charge in [-0.3, -0.25) is 9.69 Å². The molecule has 1 amide bonds. The first-order chi connectivity index (χ1) is 16.0. The number of alkyl halides is 2. The number of ether oxygens (including phenoxy) is 1. The molecule has 0 spiro atoms. The minimum atomic E-state index is -2.46. The van der Waals surface area contributed by atoms with Crippen LogP contribution in [0.3, 0.4) is 0 Å². The van der Waals surface area contributed by atoms with E-state index in [0.717, 1.165) is 36.9 Å². The quantitative estimate of drug-likeness (QED) is 0.652. The van der Waals surface area contributed by atoms with Crippen molar-refractivity contribution in [2.45, 2.75) is 56.3 Å². The summed E-state index contributed by atoms with van der Waals surface area (Å²) in [5.41, 5.74) is 2.56. The minimum Gasteiger partial charge on any atom is -0.377 e.